The van der Waals surface area contributed by atoms with Crippen molar-refractivity contribution in [2.75, 3.05) is 25.0 Å². The van der Waals surface area contributed by atoms with Gasteiger partial charge in [-0.3, -0.25) is 4.90 Å². The topological polar surface area (TPSA) is 58.6 Å². The van der Waals surface area contributed by atoms with Crippen LogP contribution in [0.25, 0.3) is 23.0 Å². The molecule has 8 heteroatoms. The number of anilines is 1. The minimum atomic E-state index is 0.541. The van der Waals surface area contributed by atoms with Gasteiger partial charge < -0.3 is 9.73 Å². The smallest absolute Gasteiger partial charge is 0.172 e. The van der Waals surface area contributed by atoms with Gasteiger partial charge in [-0.2, -0.15) is 9.61 Å². The maximum absolute atomic E-state index is 6.48. The Labute approximate surface area is 218 Å². The molecule has 1 N–H and O–H groups in total. The Morgan fingerprint density at radius 3 is 3.03 bits per heavy atom. The molecule has 1 aromatic carbocycles. The summed E-state index contributed by atoms with van der Waals surface area (Å²) in [4.78, 5) is 7.33. The molecule has 1 atom stereocenters. The van der Waals surface area contributed by atoms with E-state index in [0.29, 0.717) is 10.9 Å². The number of aromatic nitrogens is 3. The molecule has 180 valence electrons. The number of nitrogens with zero attached hydrogens (tertiary/aromatic N) is 4. The maximum atomic E-state index is 6.48. The van der Waals surface area contributed by atoms with Crippen LogP contribution in [0.3, 0.4) is 0 Å². The van der Waals surface area contributed by atoms with Gasteiger partial charge in [0.15, 0.2) is 5.65 Å². The standard InChI is InChI=1S/C27H27BrClN5O/c28-22-15-31-34-26(13-24(32-27(22)34)21-8-2-3-9-23(21)29)30-14-18-6-5-11-33(16-18)17-20-12-19-7-1-4-10-25(19)35-20/h1-3,7-9,12-13,15,18,30H,4-6,10-11,14,16-17H2. The quantitative estimate of drug-likeness (QED) is 0.289. The average molecular weight is 553 g/mol. The lowest BCUT2D eigenvalue weighted by atomic mass is 9.98. The van der Waals surface area contributed by atoms with Crippen molar-refractivity contribution in [3.63, 3.8) is 0 Å². The summed E-state index contributed by atoms with van der Waals surface area (Å²) in [6, 6.07) is 12.1. The van der Waals surface area contributed by atoms with E-state index in [1.165, 1.54) is 18.4 Å². The number of halogens is 2. The van der Waals surface area contributed by atoms with E-state index >= 15 is 0 Å². The highest BCUT2D eigenvalue weighted by Gasteiger charge is 2.22. The molecule has 1 unspecified atom stereocenters. The van der Waals surface area contributed by atoms with Gasteiger partial charge in [0.25, 0.3) is 0 Å². The van der Waals surface area contributed by atoms with E-state index in [9.17, 15) is 0 Å². The molecule has 6 nitrogen and oxygen atoms in total. The van der Waals surface area contributed by atoms with Crippen LogP contribution in [0.5, 0.6) is 0 Å². The molecule has 35 heavy (non-hydrogen) atoms. The second-order valence-corrected chi connectivity index (χ2v) is 10.7. The van der Waals surface area contributed by atoms with Gasteiger partial charge in [-0.15, -0.1) is 0 Å². The summed E-state index contributed by atoms with van der Waals surface area (Å²) in [6.45, 7) is 3.90. The fraction of sp³-hybridized carbons (Fsp3) is 0.333. The van der Waals surface area contributed by atoms with Gasteiger partial charge in [-0.1, -0.05) is 42.0 Å². The highest BCUT2D eigenvalue weighted by Crippen LogP contribution is 2.31. The van der Waals surface area contributed by atoms with Gasteiger partial charge in [0, 0.05) is 41.7 Å². The van der Waals surface area contributed by atoms with Crippen LogP contribution in [-0.4, -0.2) is 39.1 Å². The molecule has 1 aliphatic carbocycles. The summed E-state index contributed by atoms with van der Waals surface area (Å²) in [5.74, 6) is 3.67. The van der Waals surface area contributed by atoms with Gasteiger partial charge in [-0.05, 0) is 59.8 Å². The minimum absolute atomic E-state index is 0.541. The number of furan rings is 1. The second-order valence-electron chi connectivity index (χ2n) is 9.39. The molecule has 2 aliphatic rings. The average Bonchev–Trinajstić information content (AvgIpc) is 3.46. The first-order valence-corrected chi connectivity index (χ1v) is 13.3. The summed E-state index contributed by atoms with van der Waals surface area (Å²) in [5, 5.41) is 8.87. The SMILES string of the molecule is Clc1ccccc1-c1cc(NCC2CCCN(Cc3cc4c(o3)CCC=C4)C2)n2ncc(Br)c2n1. The van der Waals surface area contributed by atoms with E-state index < -0.39 is 0 Å². The Morgan fingerprint density at radius 2 is 2.14 bits per heavy atom. The van der Waals surface area contributed by atoms with Crippen LogP contribution in [0.1, 0.15) is 36.3 Å². The minimum Gasteiger partial charge on any atom is -0.464 e. The maximum Gasteiger partial charge on any atom is 0.172 e. The molecule has 4 heterocycles. The molecular weight excluding hydrogens is 526 g/mol. The first kappa shape index (κ1) is 22.8. The lowest BCUT2D eigenvalue weighted by molar-refractivity contribution is 0.161. The fourth-order valence-electron chi connectivity index (χ4n) is 5.14. The fourth-order valence-corrected chi connectivity index (χ4v) is 5.72. The summed E-state index contributed by atoms with van der Waals surface area (Å²) < 4.78 is 8.86. The van der Waals surface area contributed by atoms with Gasteiger partial charge in [0.05, 0.1) is 22.9 Å². The Balaban J connectivity index is 1.17. The highest BCUT2D eigenvalue weighted by molar-refractivity contribution is 9.10. The molecule has 0 spiro atoms. The molecule has 6 rings (SSSR count). The number of piperidine rings is 1. The number of allylic oxidation sites excluding steroid dienone is 1. The zero-order valence-corrected chi connectivity index (χ0v) is 21.7. The second kappa shape index (κ2) is 9.80. The number of benzene rings is 1. The van der Waals surface area contributed by atoms with E-state index in [1.54, 1.807) is 6.20 Å². The van der Waals surface area contributed by atoms with E-state index in [0.717, 1.165) is 77.7 Å². The van der Waals surface area contributed by atoms with Gasteiger partial charge >= 0.3 is 0 Å². The number of nitrogens with one attached hydrogen (secondary N) is 1. The van der Waals surface area contributed by atoms with Crippen LogP contribution in [0, 0.1) is 5.92 Å². The molecular formula is C27H27BrClN5O. The lowest BCUT2D eigenvalue weighted by Crippen LogP contribution is -2.37. The Kier molecular flexibility index (Phi) is 6.39. The summed E-state index contributed by atoms with van der Waals surface area (Å²) in [6.07, 6.45) is 10.7. The van der Waals surface area contributed by atoms with Crippen LogP contribution in [0.2, 0.25) is 5.02 Å². The van der Waals surface area contributed by atoms with Crippen LogP contribution in [0.15, 0.2) is 57.6 Å². The number of likely N-dealkylation sites (tertiary alicyclic amines) is 1. The Morgan fingerprint density at radius 1 is 1.23 bits per heavy atom. The van der Waals surface area contributed by atoms with Crippen LogP contribution < -0.4 is 5.32 Å². The normalized spacial score (nSPS) is 18.2. The summed E-state index contributed by atoms with van der Waals surface area (Å²) in [7, 11) is 0. The molecule has 4 aromatic rings. The molecule has 1 saturated heterocycles. The first-order valence-electron chi connectivity index (χ1n) is 12.2. The molecule has 0 radical (unpaired) electrons. The number of rotatable bonds is 6. The van der Waals surface area contributed by atoms with Crippen molar-refractivity contribution in [2.24, 2.45) is 5.92 Å². The van der Waals surface area contributed by atoms with Gasteiger partial charge in [0.2, 0.25) is 0 Å². The number of hydrogen-bond donors (Lipinski definition) is 1. The van der Waals surface area contributed by atoms with Crippen molar-refractivity contribution in [2.45, 2.75) is 32.2 Å². The third kappa shape index (κ3) is 4.77. The molecule has 0 amide bonds. The van der Waals surface area contributed by atoms with E-state index in [1.807, 2.05) is 34.8 Å². The van der Waals surface area contributed by atoms with Crippen molar-refractivity contribution in [1.29, 1.82) is 0 Å². The van der Waals surface area contributed by atoms with Gasteiger partial charge in [0.1, 0.15) is 17.3 Å². The molecule has 0 bridgehead atoms. The van der Waals surface area contributed by atoms with Crippen molar-refractivity contribution in [3.8, 4) is 11.3 Å². The van der Waals surface area contributed by atoms with Crippen LogP contribution in [0.4, 0.5) is 5.82 Å². The predicted molar refractivity (Wildman–Crippen MR) is 144 cm³/mol. The highest BCUT2D eigenvalue weighted by atomic mass is 79.9. The number of hydrogen-bond acceptors (Lipinski definition) is 5. The Hall–Kier alpha value is -2.61. The van der Waals surface area contributed by atoms with Crippen molar-refractivity contribution < 1.29 is 4.42 Å². The van der Waals surface area contributed by atoms with Crippen LogP contribution >= 0.6 is 27.5 Å². The third-order valence-corrected chi connectivity index (χ3v) is 7.75. The summed E-state index contributed by atoms with van der Waals surface area (Å²) >= 11 is 10.1. The third-order valence-electron chi connectivity index (χ3n) is 6.86. The predicted octanol–water partition coefficient (Wildman–Crippen LogP) is 6.69. The summed E-state index contributed by atoms with van der Waals surface area (Å²) in [5.41, 5.74) is 3.76. The van der Waals surface area contributed by atoms with E-state index in [4.69, 9.17) is 21.0 Å². The first-order chi connectivity index (χ1) is 17.1. The lowest BCUT2D eigenvalue weighted by Gasteiger charge is -2.32. The zero-order valence-electron chi connectivity index (χ0n) is 19.4. The monoisotopic (exact) mass is 551 g/mol. The van der Waals surface area contributed by atoms with E-state index in [2.05, 4.69) is 49.5 Å². The van der Waals surface area contributed by atoms with Crippen molar-refractivity contribution in [3.05, 3.63) is 75.3 Å². The largest absolute Gasteiger partial charge is 0.464 e. The molecule has 0 saturated carbocycles. The molecule has 1 aliphatic heterocycles. The van der Waals surface area contributed by atoms with Crippen molar-refractivity contribution in [1.82, 2.24) is 19.5 Å². The van der Waals surface area contributed by atoms with E-state index in [-0.39, 0.29) is 0 Å². The number of aryl methyl sites for hydroxylation is 1. The molecule has 1 fully saturated rings. The molecule has 3 aromatic heterocycles. The van der Waals surface area contributed by atoms with Crippen LogP contribution in [-0.2, 0) is 13.0 Å². The zero-order chi connectivity index (χ0) is 23.8. The van der Waals surface area contributed by atoms with Gasteiger partial charge in [-0.25, -0.2) is 4.98 Å². The Bertz CT molecular complexity index is 1390. The van der Waals surface area contributed by atoms with Crippen molar-refractivity contribution >= 4 is 45.1 Å². The number of fused-ring (bicyclic) bond motifs is 2.